The van der Waals surface area contributed by atoms with Gasteiger partial charge in [0.25, 0.3) is 0 Å². The van der Waals surface area contributed by atoms with Crippen molar-refractivity contribution >= 4 is 35.0 Å². The van der Waals surface area contributed by atoms with E-state index in [4.69, 9.17) is 28.2 Å². The van der Waals surface area contributed by atoms with E-state index < -0.39 is 0 Å². The molecule has 3 nitrogen and oxygen atoms in total. The Balaban J connectivity index is 1.64. The zero-order valence-electron chi connectivity index (χ0n) is 14.8. The number of hydrogen-bond donors (Lipinski definition) is 0. The van der Waals surface area contributed by atoms with Gasteiger partial charge in [-0.05, 0) is 66.5 Å². The van der Waals surface area contributed by atoms with Crippen LogP contribution in [0.3, 0.4) is 0 Å². The molecule has 3 aromatic rings. The average molecular weight is 396 g/mol. The second-order valence-corrected chi connectivity index (χ2v) is 7.37. The standard InChI is InChI=1S/C22H19Cl2N3/c23-20-8-7-16(12-21(20)24)15-27-11-3-6-19(27)13-17-4-2-10-26-22(17)18-5-1-9-25-14-18/h1,3,5-9,11-14H,2,4,10,15H2/b17-13+. The molecule has 3 heterocycles. The fraction of sp³-hybridized carbons (Fsp3) is 0.182. The molecule has 2 aromatic heterocycles. The smallest absolute Gasteiger partial charge is 0.0694 e. The number of benzene rings is 1. The van der Waals surface area contributed by atoms with E-state index in [0.29, 0.717) is 10.0 Å². The Kier molecular flexibility index (Phi) is 5.42. The quantitative estimate of drug-likeness (QED) is 0.540. The Morgan fingerprint density at radius 2 is 2.00 bits per heavy atom. The molecule has 0 atom stereocenters. The molecule has 27 heavy (non-hydrogen) atoms. The van der Waals surface area contributed by atoms with Crippen LogP contribution in [0.2, 0.25) is 10.0 Å². The van der Waals surface area contributed by atoms with Crippen LogP contribution in [0.5, 0.6) is 0 Å². The lowest BCUT2D eigenvalue weighted by molar-refractivity contribution is 0.792. The van der Waals surface area contributed by atoms with Gasteiger partial charge >= 0.3 is 0 Å². The first-order valence-electron chi connectivity index (χ1n) is 8.95. The van der Waals surface area contributed by atoms with Gasteiger partial charge in [-0.2, -0.15) is 0 Å². The predicted octanol–water partition coefficient (Wildman–Crippen LogP) is 5.90. The van der Waals surface area contributed by atoms with Crippen molar-refractivity contribution in [2.45, 2.75) is 19.4 Å². The van der Waals surface area contributed by atoms with E-state index in [1.54, 1.807) is 6.20 Å². The van der Waals surface area contributed by atoms with E-state index in [1.807, 2.05) is 30.5 Å². The minimum absolute atomic E-state index is 0.579. The van der Waals surface area contributed by atoms with Crippen molar-refractivity contribution in [2.75, 3.05) is 6.54 Å². The zero-order valence-corrected chi connectivity index (χ0v) is 16.3. The van der Waals surface area contributed by atoms with Crippen molar-refractivity contribution in [1.29, 1.82) is 0 Å². The van der Waals surface area contributed by atoms with Crippen LogP contribution in [0.1, 0.15) is 29.7 Å². The van der Waals surface area contributed by atoms with E-state index in [2.05, 4.69) is 40.0 Å². The Bertz CT molecular complexity index is 1000. The maximum atomic E-state index is 6.16. The van der Waals surface area contributed by atoms with E-state index in [0.717, 1.165) is 48.5 Å². The van der Waals surface area contributed by atoms with Crippen molar-refractivity contribution in [2.24, 2.45) is 4.99 Å². The highest BCUT2D eigenvalue weighted by atomic mass is 35.5. The van der Waals surface area contributed by atoms with Crippen molar-refractivity contribution in [3.05, 3.63) is 93.5 Å². The third kappa shape index (κ3) is 4.15. The van der Waals surface area contributed by atoms with Gasteiger partial charge in [-0.3, -0.25) is 9.98 Å². The van der Waals surface area contributed by atoms with Gasteiger partial charge in [-0.1, -0.05) is 29.3 Å². The highest BCUT2D eigenvalue weighted by Gasteiger charge is 2.15. The summed E-state index contributed by atoms with van der Waals surface area (Å²) in [6, 6.07) is 14.0. The molecule has 0 unspecified atom stereocenters. The van der Waals surface area contributed by atoms with Gasteiger partial charge in [0.1, 0.15) is 0 Å². The fourth-order valence-corrected chi connectivity index (χ4v) is 3.64. The minimum atomic E-state index is 0.579. The predicted molar refractivity (Wildman–Crippen MR) is 113 cm³/mol. The van der Waals surface area contributed by atoms with E-state index in [9.17, 15) is 0 Å². The summed E-state index contributed by atoms with van der Waals surface area (Å²) in [4.78, 5) is 9.01. The normalized spacial score (nSPS) is 15.8. The van der Waals surface area contributed by atoms with Gasteiger partial charge in [0.2, 0.25) is 0 Å². The summed E-state index contributed by atoms with van der Waals surface area (Å²) < 4.78 is 2.21. The number of hydrogen-bond acceptors (Lipinski definition) is 2. The maximum absolute atomic E-state index is 6.16. The maximum Gasteiger partial charge on any atom is 0.0694 e. The van der Waals surface area contributed by atoms with Crippen LogP contribution < -0.4 is 0 Å². The van der Waals surface area contributed by atoms with E-state index >= 15 is 0 Å². The molecule has 0 amide bonds. The lowest BCUT2D eigenvalue weighted by Gasteiger charge is -2.17. The van der Waals surface area contributed by atoms with Crippen molar-refractivity contribution in [3.8, 4) is 0 Å². The van der Waals surface area contributed by atoms with Crippen LogP contribution in [-0.2, 0) is 6.54 Å². The van der Waals surface area contributed by atoms with Crippen LogP contribution in [0.4, 0.5) is 0 Å². The molecule has 1 aromatic carbocycles. The second-order valence-electron chi connectivity index (χ2n) is 6.55. The SMILES string of the molecule is Clc1ccc(Cn2cccc2/C=C2\CCCN=C2c2cccnc2)cc1Cl. The summed E-state index contributed by atoms with van der Waals surface area (Å²) in [6.07, 6.45) is 10.1. The van der Waals surface area contributed by atoms with Crippen molar-refractivity contribution in [3.63, 3.8) is 0 Å². The summed E-state index contributed by atoms with van der Waals surface area (Å²) in [6.45, 7) is 1.61. The van der Waals surface area contributed by atoms with Crippen LogP contribution in [0, 0.1) is 0 Å². The molecule has 1 aliphatic heterocycles. The second kappa shape index (κ2) is 8.12. The van der Waals surface area contributed by atoms with Gasteiger partial charge in [0.05, 0.1) is 15.8 Å². The van der Waals surface area contributed by atoms with Crippen LogP contribution in [-0.4, -0.2) is 21.8 Å². The molecule has 0 radical (unpaired) electrons. The molecule has 0 saturated carbocycles. The summed E-state index contributed by atoms with van der Waals surface area (Å²) in [7, 11) is 0. The highest BCUT2D eigenvalue weighted by Crippen LogP contribution is 2.25. The Hall–Kier alpha value is -2.36. The number of rotatable bonds is 4. The average Bonchev–Trinajstić information content (AvgIpc) is 3.12. The molecular formula is C22H19Cl2N3. The molecule has 0 saturated heterocycles. The first-order chi connectivity index (χ1) is 13.2. The molecule has 0 bridgehead atoms. The van der Waals surface area contributed by atoms with Gasteiger partial charge < -0.3 is 4.57 Å². The number of nitrogens with zero attached hydrogens (tertiary/aromatic N) is 3. The van der Waals surface area contributed by atoms with Crippen LogP contribution in [0.25, 0.3) is 6.08 Å². The number of aromatic nitrogens is 2. The van der Waals surface area contributed by atoms with Gasteiger partial charge in [0.15, 0.2) is 0 Å². The number of pyridine rings is 1. The number of halogens is 2. The number of allylic oxidation sites excluding steroid dienone is 1. The monoisotopic (exact) mass is 395 g/mol. The molecule has 0 N–H and O–H groups in total. The van der Waals surface area contributed by atoms with E-state index in [1.165, 1.54) is 5.57 Å². The summed E-state index contributed by atoms with van der Waals surface area (Å²) >= 11 is 12.2. The van der Waals surface area contributed by atoms with Gasteiger partial charge in [0, 0.05) is 42.9 Å². The lowest BCUT2D eigenvalue weighted by atomic mass is 9.96. The molecule has 1 aliphatic rings. The summed E-state index contributed by atoms with van der Waals surface area (Å²) in [5.74, 6) is 0. The zero-order chi connectivity index (χ0) is 18.6. The molecule has 4 rings (SSSR count). The molecular weight excluding hydrogens is 377 g/mol. The number of aliphatic imine (C=N–C) groups is 1. The lowest BCUT2D eigenvalue weighted by Crippen LogP contribution is -2.12. The molecule has 0 spiro atoms. The third-order valence-corrected chi connectivity index (χ3v) is 5.38. The summed E-state index contributed by atoms with van der Waals surface area (Å²) in [5.41, 5.74) is 5.64. The topological polar surface area (TPSA) is 30.2 Å². The Morgan fingerprint density at radius 1 is 1.07 bits per heavy atom. The molecule has 136 valence electrons. The van der Waals surface area contributed by atoms with Crippen molar-refractivity contribution < 1.29 is 0 Å². The molecule has 0 fully saturated rings. The first kappa shape index (κ1) is 18.0. The summed E-state index contributed by atoms with van der Waals surface area (Å²) in [5, 5.41) is 1.16. The Morgan fingerprint density at radius 3 is 2.81 bits per heavy atom. The molecule has 5 heteroatoms. The van der Waals surface area contributed by atoms with E-state index in [-0.39, 0.29) is 0 Å². The van der Waals surface area contributed by atoms with Gasteiger partial charge in [-0.25, -0.2) is 0 Å². The van der Waals surface area contributed by atoms with Crippen LogP contribution >= 0.6 is 23.2 Å². The first-order valence-corrected chi connectivity index (χ1v) is 9.71. The minimum Gasteiger partial charge on any atom is -0.344 e. The molecule has 0 aliphatic carbocycles. The third-order valence-electron chi connectivity index (χ3n) is 4.64. The largest absolute Gasteiger partial charge is 0.344 e. The Labute approximate surface area is 169 Å². The fourth-order valence-electron chi connectivity index (χ4n) is 3.32. The van der Waals surface area contributed by atoms with Crippen LogP contribution in [0.15, 0.2) is 71.6 Å². The van der Waals surface area contributed by atoms with Crippen molar-refractivity contribution in [1.82, 2.24) is 9.55 Å². The van der Waals surface area contributed by atoms with Gasteiger partial charge in [-0.15, -0.1) is 0 Å². The highest BCUT2D eigenvalue weighted by molar-refractivity contribution is 6.42.